The van der Waals surface area contributed by atoms with Crippen LogP contribution in [-0.4, -0.2) is 39.3 Å². The molecule has 26 heavy (non-hydrogen) atoms. The molecule has 5 heteroatoms. The van der Waals surface area contributed by atoms with Crippen LogP contribution in [0.15, 0.2) is 6.07 Å². The van der Waals surface area contributed by atoms with Gasteiger partial charge in [-0.2, -0.15) is 0 Å². The summed E-state index contributed by atoms with van der Waals surface area (Å²) in [6, 6.07) is 2.16. The van der Waals surface area contributed by atoms with E-state index in [1.807, 2.05) is 0 Å². The maximum Gasteiger partial charge on any atom is 0.203 e. The van der Waals surface area contributed by atoms with Crippen molar-refractivity contribution in [3.63, 3.8) is 0 Å². The summed E-state index contributed by atoms with van der Waals surface area (Å²) in [5, 5.41) is 0. The van der Waals surface area contributed by atoms with Gasteiger partial charge in [-0.15, -0.1) is 0 Å². The summed E-state index contributed by atoms with van der Waals surface area (Å²) in [4.78, 5) is 0. The third-order valence-electron chi connectivity index (χ3n) is 7.38. The third-order valence-corrected chi connectivity index (χ3v) is 7.38. The quantitative estimate of drug-likeness (QED) is 0.820. The van der Waals surface area contributed by atoms with E-state index in [1.165, 1.54) is 30.4 Å². The minimum Gasteiger partial charge on any atom is -0.493 e. The number of fused-ring (bicyclic) bond motifs is 3. The van der Waals surface area contributed by atoms with Crippen molar-refractivity contribution in [1.29, 1.82) is 0 Å². The first-order chi connectivity index (χ1) is 12.6. The van der Waals surface area contributed by atoms with Gasteiger partial charge in [0.25, 0.3) is 0 Å². The molecule has 2 aliphatic heterocycles. The Labute approximate surface area is 154 Å². The summed E-state index contributed by atoms with van der Waals surface area (Å²) in [6.07, 6.45) is 6.86. The van der Waals surface area contributed by atoms with Crippen LogP contribution in [-0.2, 0) is 15.9 Å². The van der Waals surface area contributed by atoms with Crippen molar-refractivity contribution in [3.05, 3.63) is 17.2 Å². The van der Waals surface area contributed by atoms with E-state index in [0.29, 0.717) is 5.75 Å². The van der Waals surface area contributed by atoms with Gasteiger partial charge < -0.3 is 23.7 Å². The zero-order chi connectivity index (χ0) is 18.1. The first kappa shape index (κ1) is 16.7. The highest BCUT2D eigenvalue weighted by molar-refractivity contribution is 5.63. The molecule has 1 aromatic carbocycles. The Morgan fingerprint density at radius 3 is 2.54 bits per heavy atom. The van der Waals surface area contributed by atoms with Gasteiger partial charge in [0.05, 0.1) is 33.0 Å². The molecule has 2 heterocycles. The van der Waals surface area contributed by atoms with E-state index in [2.05, 4.69) is 13.0 Å². The normalized spacial score (nSPS) is 39.8. The first-order valence-electron chi connectivity index (χ1n) is 9.74. The molecule has 4 aliphatic rings. The fourth-order valence-corrected chi connectivity index (χ4v) is 6.57. The molecular weight excluding hydrogens is 332 g/mol. The molecule has 3 fully saturated rings. The minimum absolute atomic E-state index is 0.0663. The Balaban J connectivity index is 1.80. The topological polar surface area (TPSA) is 46.2 Å². The molecule has 2 bridgehead atoms. The van der Waals surface area contributed by atoms with Crippen LogP contribution in [0.1, 0.15) is 56.1 Å². The maximum absolute atomic E-state index is 6.65. The van der Waals surface area contributed by atoms with Gasteiger partial charge >= 0.3 is 0 Å². The highest BCUT2D eigenvalue weighted by Crippen LogP contribution is 2.70. The van der Waals surface area contributed by atoms with E-state index in [1.54, 1.807) is 21.3 Å². The van der Waals surface area contributed by atoms with Crippen molar-refractivity contribution in [1.82, 2.24) is 0 Å². The lowest BCUT2D eigenvalue weighted by Gasteiger charge is -2.57. The van der Waals surface area contributed by atoms with Gasteiger partial charge in [-0.1, -0.05) is 12.8 Å². The second-order valence-corrected chi connectivity index (χ2v) is 8.34. The molecule has 2 aliphatic carbocycles. The third kappa shape index (κ3) is 1.83. The van der Waals surface area contributed by atoms with E-state index >= 15 is 0 Å². The molecule has 142 valence electrons. The van der Waals surface area contributed by atoms with Gasteiger partial charge in [-0.25, -0.2) is 0 Å². The Kier molecular flexibility index (Phi) is 3.55. The van der Waals surface area contributed by atoms with Crippen LogP contribution in [0.2, 0.25) is 0 Å². The molecule has 5 atom stereocenters. The Bertz CT molecular complexity index is 746. The van der Waals surface area contributed by atoms with Crippen LogP contribution in [0, 0.1) is 5.41 Å². The van der Waals surface area contributed by atoms with Crippen LogP contribution >= 0.6 is 0 Å². The SMILES string of the molecule is COc1cc2c(c(OC)c1OC)C1[C@H](C)O[C@H]3C[C@@]4(CCCC[C@@]14O3)C2. The summed E-state index contributed by atoms with van der Waals surface area (Å²) in [5.74, 6) is 2.36. The van der Waals surface area contributed by atoms with Crippen molar-refractivity contribution in [2.24, 2.45) is 5.41 Å². The van der Waals surface area contributed by atoms with Gasteiger partial charge in [0.1, 0.15) is 0 Å². The second kappa shape index (κ2) is 5.52. The number of hydrogen-bond donors (Lipinski definition) is 0. The molecular formula is C21H28O5. The van der Waals surface area contributed by atoms with Crippen LogP contribution in [0.4, 0.5) is 0 Å². The van der Waals surface area contributed by atoms with Crippen LogP contribution in [0.25, 0.3) is 0 Å². The van der Waals surface area contributed by atoms with E-state index < -0.39 is 0 Å². The Morgan fingerprint density at radius 1 is 1.04 bits per heavy atom. The molecule has 0 N–H and O–H groups in total. The summed E-state index contributed by atoms with van der Waals surface area (Å²) in [7, 11) is 5.07. The lowest BCUT2D eigenvalue weighted by atomic mass is 9.51. The van der Waals surface area contributed by atoms with Gasteiger partial charge in [-0.3, -0.25) is 0 Å². The van der Waals surface area contributed by atoms with E-state index in [4.69, 9.17) is 23.7 Å². The fraction of sp³-hybridized carbons (Fsp3) is 0.714. The van der Waals surface area contributed by atoms with E-state index in [0.717, 1.165) is 30.8 Å². The number of ether oxygens (including phenoxy) is 5. The molecule has 5 rings (SSSR count). The Hall–Kier alpha value is -1.46. The molecule has 5 nitrogen and oxygen atoms in total. The number of benzene rings is 1. The highest BCUT2D eigenvalue weighted by Gasteiger charge is 2.70. The monoisotopic (exact) mass is 360 g/mol. The highest BCUT2D eigenvalue weighted by atomic mass is 16.7. The summed E-state index contributed by atoms with van der Waals surface area (Å²) >= 11 is 0. The lowest BCUT2D eigenvalue weighted by molar-refractivity contribution is -0.272. The number of methoxy groups -OCH3 is 3. The average molecular weight is 360 g/mol. The average Bonchev–Trinajstić information content (AvgIpc) is 2.94. The van der Waals surface area contributed by atoms with Crippen LogP contribution < -0.4 is 14.2 Å². The largest absolute Gasteiger partial charge is 0.493 e. The molecule has 0 radical (unpaired) electrons. The van der Waals surface area contributed by atoms with Crippen molar-refractivity contribution < 1.29 is 23.7 Å². The number of rotatable bonds is 3. The van der Waals surface area contributed by atoms with Gasteiger partial charge in [-0.05, 0) is 37.8 Å². The Morgan fingerprint density at radius 2 is 1.81 bits per heavy atom. The van der Waals surface area contributed by atoms with Gasteiger partial charge in [0.15, 0.2) is 17.8 Å². The van der Waals surface area contributed by atoms with Crippen molar-refractivity contribution in [2.45, 2.75) is 69.4 Å². The van der Waals surface area contributed by atoms with Crippen LogP contribution in [0.5, 0.6) is 17.2 Å². The number of hydrogen-bond acceptors (Lipinski definition) is 5. The van der Waals surface area contributed by atoms with E-state index in [9.17, 15) is 0 Å². The standard InChI is InChI=1S/C21H28O5/c1-12-17-16-13(9-14(22-2)18(23-3)19(16)24-4)10-20-7-5-6-8-21(17,20)26-15(11-20)25-12/h9,12,15,17H,5-8,10-11H2,1-4H3/t12-,15+,17?,20+,21+/m0/s1. The van der Waals surface area contributed by atoms with Crippen LogP contribution in [0.3, 0.4) is 0 Å². The first-order valence-corrected chi connectivity index (χ1v) is 9.74. The molecule has 2 saturated heterocycles. The van der Waals surface area contributed by atoms with Crippen molar-refractivity contribution in [2.75, 3.05) is 21.3 Å². The maximum atomic E-state index is 6.65. The summed E-state index contributed by atoms with van der Waals surface area (Å²) in [6.45, 7) is 2.19. The zero-order valence-corrected chi connectivity index (χ0v) is 16.1. The van der Waals surface area contributed by atoms with E-state index in [-0.39, 0.29) is 29.3 Å². The smallest absolute Gasteiger partial charge is 0.203 e. The second-order valence-electron chi connectivity index (χ2n) is 8.34. The lowest BCUT2D eigenvalue weighted by Crippen LogP contribution is -2.59. The minimum atomic E-state index is -0.131. The molecule has 1 unspecified atom stereocenters. The summed E-state index contributed by atoms with van der Waals surface area (Å²) < 4.78 is 30.1. The predicted molar refractivity (Wildman–Crippen MR) is 96.2 cm³/mol. The molecule has 0 amide bonds. The van der Waals surface area contributed by atoms with Gasteiger partial charge in [0, 0.05) is 23.3 Å². The predicted octanol–water partition coefficient (Wildman–Crippen LogP) is 3.82. The zero-order valence-electron chi connectivity index (χ0n) is 16.1. The van der Waals surface area contributed by atoms with Crippen molar-refractivity contribution in [3.8, 4) is 17.2 Å². The van der Waals surface area contributed by atoms with Crippen molar-refractivity contribution >= 4 is 0 Å². The van der Waals surface area contributed by atoms with Gasteiger partial charge in [0.2, 0.25) is 5.75 Å². The summed E-state index contributed by atoms with van der Waals surface area (Å²) in [5.41, 5.74) is 2.55. The molecule has 1 aromatic rings. The molecule has 1 spiro atoms. The molecule has 1 saturated carbocycles. The fourth-order valence-electron chi connectivity index (χ4n) is 6.57. The molecule has 0 aromatic heterocycles.